The predicted molar refractivity (Wildman–Crippen MR) is 114 cm³/mol. The number of hydrogen-bond donors (Lipinski definition) is 2. The normalized spacial score (nSPS) is 20.4. The third-order valence-corrected chi connectivity index (χ3v) is 4.97. The van der Waals surface area contributed by atoms with Crippen LogP contribution in [0.3, 0.4) is 0 Å². The van der Waals surface area contributed by atoms with E-state index in [1.165, 1.54) is 16.8 Å². The maximum absolute atomic E-state index is 12.5. The third kappa shape index (κ3) is 8.93. The Kier molecular flexibility index (Phi) is 9.54. The van der Waals surface area contributed by atoms with Gasteiger partial charge >= 0.3 is 23.6 Å². The van der Waals surface area contributed by atoms with E-state index in [1.54, 1.807) is 20.8 Å². The first-order valence-electron chi connectivity index (χ1n) is 10.9. The van der Waals surface area contributed by atoms with E-state index < -0.39 is 41.5 Å². The van der Waals surface area contributed by atoms with Crippen molar-refractivity contribution in [3.63, 3.8) is 0 Å². The number of carboxylic acids is 1. The maximum Gasteiger partial charge on any atom is 0.349 e. The third-order valence-electron chi connectivity index (χ3n) is 4.97. The number of carboxylic acid groups (broad SMARTS) is 1. The second-order valence-electron chi connectivity index (χ2n) is 8.96. The highest BCUT2D eigenvalue weighted by Crippen LogP contribution is 2.32. The Labute approximate surface area is 191 Å². The van der Waals surface area contributed by atoms with Crippen molar-refractivity contribution < 1.29 is 38.8 Å². The number of carbonyl (C=O) groups is 3. The van der Waals surface area contributed by atoms with Gasteiger partial charge in [0.1, 0.15) is 18.4 Å². The molecule has 2 N–H and O–H groups in total. The van der Waals surface area contributed by atoms with Gasteiger partial charge in [-0.1, -0.05) is 0 Å². The van der Waals surface area contributed by atoms with Crippen LogP contribution >= 0.6 is 0 Å². The van der Waals surface area contributed by atoms with Gasteiger partial charge in [0.15, 0.2) is 0 Å². The molecule has 0 bridgehead atoms. The van der Waals surface area contributed by atoms with Crippen LogP contribution in [-0.2, 0) is 35.0 Å². The molecule has 1 fully saturated rings. The highest BCUT2D eigenvalue weighted by molar-refractivity contribution is 5.72. The van der Waals surface area contributed by atoms with Crippen molar-refractivity contribution in [1.82, 2.24) is 9.55 Å². The topological polar surface area (TPSA) is 154 Å². The number of esters is 2. The number of nitrogens with zero attached hydrogens (tertiary/aromatic N) is 2. The Hall–Kier alpha value is -2.79. The molecule has 11 heteroatoms. The number of aliphatic carboxylic acids is 1. The van der Waals surface area contributed by atoms with Crippen molar-refractivity contribution in [3.05, 3.63) is 28.4 Å². The Morgan fingerprint density at radius 1 is 1.21 bits per heavy atom. The average molecular weight is 469 g/mol. The van der Waals surface area contributed by atoms with Gasteiger partial charge in [-0.05, 0) is 39.7 Å². The number of carbonyl (C=O) groups excluding carboxylic acids is 2. The maximum atomic E-state index is 12.5. The van der Waals surface area contributed by atoms with Gasteiger partial charge in [-0.15, -0.1) is 0 Å². The molecule has 1 aromatic rings. The van der Waals surface area contributed by atoms with Crippen molar-refractivity contribution in [1.29, 1.82) is 0 Å². The van der Waals surface area contributed by atoms with Crippen molar-refractivity contribution in [3.8, 4) is 0 Å². The molecule has 0 radical (unpaired) electrons. The standard InChI is InChI=1S/C22H32N2O9/c1-22(2,3)33-20(29)11-15-8-9-24(21(30)23-15)17-10-14(12-25)16(32-17)13-31-19(28)7-5-4-6-18(26)27/h8-9,14,16-17,25H,4-7,10-13H2,1-3H3,(H,26,27)/t14-,16-,17-/m1/s1. The minimum Gasteiger partial charge on any atom is -0.481 e. The SMILES string of the molecule is CC(C)(C)OC(=O)Cc1ccn([C@H]2C[C@H](CO)[C@@H](COC(=O)CCCCC(=O)O)O2)c(=O)n1. The lowest BCUT2D eigenvalue weighted by Gasteiger charge is -2.19. The van der Waals surface area contributed by atoms with Crippen LogP contribution in [0.25, 0.3) is 0 Å². The fraction of sp³-hybridized carbons (Fsp3) is 0.682. The molecule has 1 saturated heterocycles. The minimum absolute atomic E-state index is 0.00731. The molecule has 0 aliphatic carbocycles. The van der Waals surface area contributed by atoms with E-state index in [0.717, 1.165) is 0 Å². The van der Waals surface area contributed by atoms with Crippen molar-refractivity contribution in [2.75, 3.05) is 13.2 Å². The molecule has 3 atom stereocenters. The summed E-state index contributed by atoms with van der Waals surface area (Å²) in [7, 11) is 0. The molecule has 2 heterocycles. The van der Waals surface area contributed by atoms with Crippen molar-refractivity contribution >= 4 is 17.9 Å². The van der Waals surface area contributed by atoms with Gasteiger partial charge in [0, 0.05) is 38.0 Å². The predicted octanol–water partition coefficient (Wildman–Crippen LogP) is 1.21. The zero-order chi connectivity index (χ0) is 24.6. The second kappa shape index (κ2) is 11.9. The number of aliphatic hydroxyl groups excluding tert-OH is 1. The van der Waals surface area contributed by atoms with E-state index in [0.29, 0.717) is 19.3 Å². The first kappa shape index (κ1) is 26.5. The molecule has 1 aromatic heterocycles. The summed E-state index contributed by atoms with van der Waals surface area (Å²) in [5.74, 6) is -2.23. The molecule has 2 rings (SSSR count). The molecule has 11 nitrogen and oxygen atoms in total. The summed E-state index contributed by atoms with van der Waals surface area (Å²) in [4.78, 5) is 50.7. The molecule has 184 valence electrons. The quantitative estimate of drug-likeness (QED) is 0.358. The Morgan fingerprint density at radius 3 is 2.52 bits per heavy atom. The zero-order valence-electron chi connectivity index (χ0n) is 19.2. The smallest absolute Gasteiger partial charge is 0.349 e. The monoisotopic (exact) mass is 468 g/mol. The highest BCUT2D eigenvalue weighted by Gasteiger charge is 2.37. The number of aromatic nitrogens is 2. The molecule has 0 spiro atoms. The van der Waals surface area contributed by atoms with Crippen LogP contribution < -0.4 is 5.69 Å². The van der Waals surface area contributed by atoms with E-state index in [9.17, 15) is 24.3 Å². The number of unbranched alkanes of at least 4 members (excludes halogenated alkanes) is 1. The number of ether oxygens (including phenoxy) is 3. The molecular formula is C22H32N2O9. The van der Waals surface area contributed by atoms with Gasteiger partial charge in [-0.2, -0.15) is 4.98 Å². The lowest BCUT2D eigenvalue weighted by molar-refractivity contribution is -0.154. The first-order chi connectivity index (χ1) is 15.5. The van der Waals surface area contributed by atoms with Crippen LogP contribution in [0.5, 0.6) is 0 Å². The van der Waals surface area contributed by atoms with Crippen LogP contribution in [0.2, 0.25) is 0 Å². The van der Waals surface area contributed by atoms with Gasteiger partial charge in [0.2, 0.25) is 0 Å². The summed E-state index contributed by atoms with van der Waals surface area (Å²) in [5, 5.41) is 18.3. The van der Waals surface area contributed by atoms with Crippen LogP contribution in [0.4, 0.5) is 0 Å². The Morgan fingerprint density at radius 2 is 1.91 bits per heavy atom. The number of hydrogen-bond acceptors (Lipinski definition) is 9. The van der Waals surface area contributed by atoms with Gasteiger partial charge in [0.05, 0.1) is 18.2 Å². The molecule has 1 aliphatic rings. The summed E-state index contributed by atoms with van der Waals surface area (Å²) in [6.45, 7) is 4.95. The largest absolute Gasteiger partial charge is 0.481 e. The minimum atomic E-state index is -0.915. The van der Waals surface area contributed by atoms with Crippen LogP contribution in [0.1, 0.15) is 64.8 Å². The molecule has 0 unspecified atom stereocenters. The van der Waals surface area contributed by atoms with Gasteiger partial charge in [0.25, 0.3) is 0 Å². The molecule has 33 heavy (non-hydrogen) atoms. The molecular weight excluding hydrogens is 436 g/mol. The summed E-state index contributed by atoms with van der Waals surface area (Å²) in [6.07, 6.45) is 1.24. The van der Waals surface area contributed by atoms with Crippen LogP contribution in [0, 0.1) is 5.92 Å². The second-order valence-corrected chi connectivity index (χ2v) is 8.96. The Bertz CT molecular complexity index is 891. The zero-order valence-corrected chi connectivity index (χ0v) is 19.2. The van der Waals surface area contributed by atoms with Crippen LogP contribution in [-0.4, -0.2) is 62.6 Å². The lowest BCUT2D eigenvalue weighted by atomic mass is 10.0. The van der Waals surface area contributed by atoms with E-state index in [2.05, 4.69) is 4.98 Å². The fourth-order valence-electron chi connectivity index (χ4n) is 3.41. The Balaban J connectivity index is 1.91. The van der Waals surface area contributed by atoms with Gasteiger partial charge in [-0.25, -0.2) is 4.79 Å². The molecule has 0 saturated carbocycles. The first-order valence-corrected chi connectivity index (χ1v) is 10.9. The number of rotatable bonds is 11. The number of aliphatic hydroxyl groups is 1. The van der Waals surface area contributed by atoms with Gasteiger partial charge in [-0.3, -0.25) is 19.0 Å². The highest BCUT2D eigenvalue weighted by atomic mass is 16.6. The van der Waals surface area contributed by atoms with Crippen molar-refractivity contribution in [2.45, 2.75) is 77.2 Å². The van der Waals surface area contributed by atoms with E-state index >= 15 is 0 Å². The summed E-state index contributed by atoms with van der Waals surface area (Å²) < 4.78 is 17.6. The summed E-state index contributed by atoms with van der Waals surface area (Å²) in [5.41, 5.74) is -0.968. The van der Waals surface area contributed by atoms with E-state index in [4.69, 9.17) is 19.3 Å². The molecule has 0 amide bonds. The fourth-order valence-corrected chi connectivity index (χ4v) is 3.41. The molecule has 1 aliphatic heterocycles. The summed E-state index contributed by atoms with van der Waals surface area (Å²) >= 11 is 0. The average Bonchev–Trinajstić information content (AvgIpc) is 3.11. The lowest BCUT2D eigenvalue weighted by Crippen LogP contribution is -2.30. The van der Waals surface area contributed by atoms with E-state index in [-0.39, 0.29) is 44.1 Å². The van der Waals surface area contributed by atoms with E-state index in [1.807, 2.05) is 0 Å². The van der Waals surface area contributed by atoms with Crippen molar-refractivity contribution in [2.24, 2.45) is 5.92 Å². The van der Waals surface area contributed by atoms with Gasteiger partial charge < -0.3 is 24.4 Å². The van der Waals surface area contributed by atoms with Crippen LogP contribution in [0.15, 0.2) is 17.1 Å². The molecule has 0 aromatic carbocycles. The summed E-state index contributed by atoms with van der Waals surface area (Å²) in [6, 6.07) is 1.53.